The number of ether oxygens (including phenoxy) is 1. The van der Waals surface area contributed by atoms with E-state index in [4.69, 9.17) is 9.84 Å². The number of aliphatic hydroxyl groups is 7. The van der Waals surface area contributed by atoms with Crippen LogP contribution in [0.5, 0.6) is 0 Å². The van der Waals surface area contributed by atoms with Crippen LogP contribution in [0.1, 0.15) is 12.8 Å². The zero-order chi connectivity index (χ0) is 14.4. The second kappa shape index (κ2) is 5.23. The third-order valence-corrected chi connectivity index (χ3v) is 4.11. The number of hydrogen-bond donors (Lipinski definition) is 7. The highest BCUT2D eigenvalue weighted by atomic mass is 16.7. The van der Waals surface area contributed by atoms with E-state index in [1.54, 1.807) is 0 Å². The first-order valence-electron chi connectivity index (χ1n) is 6.24. The van der Waals surface area contributed by atoms with Crippen LogP contribution in [0.4, 0.5) is 0 Å². The Kier molecular flexibility index (Phi) is 4.15. The average molecular weight is 280 g/mol. The van der Waals surface area contributed by atoms with Gasteiger partial charge in [-0.15, -0.1) is 0 Å². The molecule has 2 fully saturated rings. The molecule has 0 aromatic heterocycles. The van der Waals surface area contributed by atoms with Gasteiger partial charge in [0, 0.05) is 5.92 Å². The lowest BCUT2D eigenvalue weighted by atomic mass is 9.82. The molecule has 0 amide bonds. The van der Waals surface area contributed by atoms with Gasteiger partial charge in [0.15, 0.2) is 0 Å². The summed E-state index contributed by atoms with van der Waals surface area (Å²) >= 11 is 0. The molecule has 0 spiro atoms. The Morgan fingerprint density at radius 3 is 2.05 bits per heavy atom. The van der Waals surface area contributed by atoms with Gasteiger partial charge in [0.25, 0.3) is 0 Å². The fourth-order valence-corrected chi connectivity index (χ4v) is 2.90. The molecule has 112 valence electrons. The Hall–Kier alpha value is -0.320. The van der Waals surface area contributed by atoms with Crippen molar-refractivity contribution in [3.63, 3.8) is 0 Å². The lowest BCUT2D eigenvalue weighted by molar-refractivity contribution is -0.374. The highest BCUT2D eigenvalue weighted by molar-refractivity contribution is 5.03. The fraction of sp³-hybridized carbons (Fsp3) is 1.00. The minimum Gasteiger partial charge on any atom is -0.394 e. The van der Waals surface area contributed by atoms with Gasteiger partial charge < -0.3 is 40.5 Å². The molecule has 19 heavy (non-hydrogen) atoms. The molecule has 8 heteroatoms. The lowest BCUT2D eigenvalue weighted by Crippen LogP contribution is -2.68. The molecule has 0 bridgehead atoms. The molecule has 1 aliphatic carbocycles. The topological polar surface area (TPSA) is 151 Å². The van der Waals surface area contributed by atoms with Crippen molar-refractivity contribution in [2.75, 3.05) is 6.61 Å². The van der Waals surface area contributed by atoms with Crippen LogP contribution in [0.25, 0.3) is 0 Å². The standard InChI is InChI=1S/C11H20O8/c12-3-6-8(15)9(16)10(17)11(18,19-6)4-1-2-5(13)7(4)14/h4-10,12-18H,1-3H2/t4?,5?,6-,7?,8-,9+,10-,11+/m1/s1. The molecule has 3 unspecified atom stereocenters. The molecule has 1 heterocycles. The van der Waals surface area contributed by atoms with E-state index >= 15 is 0 Å². The smallest absolute Gasteiger partial charge is 0.200 e. The third kappa shape index (κ3) is 2.28. The van der Waals surface area contributed by atoms with Gasteiger partial charge in [-0.2, -0.15) is 0 Å². The minimum atomic E-state index is -2.33. The molecule has 7 N–H and O–H groups in total. The van der Waals surface area contributed by atoms with Gasteiger partial charge in [0.1, 0.15) is 24.4 Å². The summed E-state index contributed by atoms with van der Waals surface area (Å²) in [5.41, 5.74) is 0. The largest absolute Gasteiger partial charge is 0.394 e. The first-order chi connectivity index (χ1) is 8.82. The van der Waals surface area contributed by atoms with Crippen molar-refractivity contribution in [3.8, 4) is 0 Å². The van der Waals surface area contributed by atoms with E-state index in [-0.39, 0.29) is 12.8 Å². The summed E-state index contributed by atoms with van der Waals surface area (Å²) in [4.78, 5) is 0. The Morgan fingerprint density at radius 2 is 1.58 bits per heavy atom. The van der Waals surface area contributed by atoms with Crippen LogP contribution >= 0.6 is 0 Å². The number of hydrogen-bond acceptors (Lipinski definition) is 8. The molecule has 0 aromatic rings. The Labute approximate surface area is 109 Å². The molecule has 2 aliphatic rings. The summed E-state index contributed by atoms with van der Waals surface area (Å²) in [6.07, 6.45) is -8.39. The maximum absolute atomic E-state index is 10.4. The van der Waals surface area contributed by atoms with Crippen molar-refractivity contribution in [1.82, 2.24) is 0 Å². The van der Waals surface area contributed by atoms with Gasteiger partial charge in [-0.05, 0) is 12.8 Å². The van der Waals surface area contributed by atoms with Crippen LogP contribution in [0, 0.1) is 5.92 Å². The molecule has 0 radical (unpaired) electrons. The molecule has 2 rings (SSSR count). The first kappa shape index (κ1) is 15.1. The van der Waals surface area contributed by atoms with Gasteiger partial charge in [-0.3, -0.25) is 0 Å². The summed E-state index contributed by atoms with van der Waals surface area (Å²) < 4.78 is 5.10. The number of aliphatic hydroxyl groups excluding tert-OH is 6. The normalized spacial score (nSPS) is 55.4. The second-order valence-electron chi connectivity index (χ2n) is 5.26. The van der Waals surface area contributed by atoms with Crippen LogP contribution in [0.3, 0.4) is 0 Å². The third-order valence-electron chi connectivity index (χ3n) is 4.11. The maximum Gasteiger partial charge on any atom is 0.200 e. The van der Waals surface area contributed by atoms with E-state index in [1.165, 1.54) is 0 Å². The van der Waals surface area contributed by atoms with Crippen molar-refractivity contribution in [2.24, 2.45) is 5.92 Å². The van der Waals surface area contributed by atoms with Crippen LogP contribution in [-0.4, -0.2) is 84.8 Å². The predicted octanol–water partition coefficient (Wildman–Crippen LogP) is -3.72. The van der Waals surface area contributed by atoms with Crippen LogP contribution in [0.15, 0.2) is 0 Å². The van der Waals surface area contributed by atoms with Gasteiger partial charge in [-0.1, -0.05) is 0 Å². The van der Waals surface area contributed by atoms with Crippen molar-refractivity contribution >= 4 is 0 Å². The van der Waals surface area contributed by atoms with E-state index in [9.17, 15) is 30.6 Å². The minimum absolute atomic E-state index is 0.177. The fourth-order valence-electron chi connectivity index (χ4n) is 2.90. The van der Waals surface area contributed by atoms with E-state index in [0.717, 1.165) is 0 Å². The molecule has 1 saturated heterocycles. The molecule has 8 nitrogen and oxygen atoms in total. The van der Waals surface area contributed by atoms with Crippen molar-refractivity contribution in [1.29, 1.82) is 0 Å². The quantitative estimate of drug-likeness (QED) is 0.273. The molecule has 8 atom stereocenters. The van der Waals surface area contributed by atoms with E-state index in [2.05, 4.69) is 0 Å². The molecule has 1 aliphatic heterocycles. The number of rotatable bonds is 2. The second-order valence-corrected chi connectivity index (χ2v) is 5.26. The van der Waals surface area contributed by atoms with Crippen LogP contribution in [-0.2, 0) is 4.74 Å². The molecular weight excluding hydrogens is 260 g/mol. The molecule has 0 aromatic carbocycles. The summed E-state index contributed by atoms with van der Waals surface area (Å²) in [5, 5.41) is 67.9. The maximum atomic E-state index is 10.4. The Bertz CT molecular complexity index is 324. The van der Waals surface area contributed by atoms with Crippen molar-refractivity contribution < 1.29 is 40.5 Å². The molecule has 1 saturated carbocycles. The summed E-state index contributed by atoms with van der Waals surface area (Å²) in [5.74, 6) is -3.35. The first-order valence-corrected chi connectivity index (χ1v) is 6.24. The summed E-state index contributed by atoms with van der Waals surface area (Å²) in [6.45, 7) is -0.668. The van der Waals surface area contributed by atoms with E-state index < -0.39 is 54.9 Å². The van der Waals surface area contributed by atoms with Gasteiger partial charge in [0.05, 0.1) is 18.8 Å². The summed E-state index contributed by atoms with van der Waals surface area (Å²) in [7, 11) is 0. The zero-order valence-corrected chi connectivity index (χ0v) is 10.2. The predicted molar refractivity (Wildman–Crippen MR) is 59.7 cm³/mol. The van der Waals surface area contributed by atoms with Gasteiger partial charge >= 0.3 is 0 Å². The SMILES string of the molecule is OC[C@H]1O[C@@](O)(C2CCC(O)C2O)[C@H](O)[C@@H](O)[C@@H]1O. The van der Waals surface area contributed by atoms with E-state index in [1.807, 2.05) is 0 Å². The van der Waals surface area contributed by atoms with Gasteiger partial charge in [0.2, 0.25) is 5.79 Å². The van der Waals surface area contributed by atoms with E-state index in [0.29, 0.717) is 0 Å². The van der Waals surface area contributed by atoms with Gasteiger partial charge in [-0.25, -0.2) is 0 Å². The summed E-state index contributed by atoms with van der Waals surface area (Å²) in [6, 6.07) is 0. The van der Waals surface area contributed by atoms with Crippen LogP contribution in [0.2, 0.25) is 0 Å². The highest BCUT2D eigenvalue weighted by Crippen LogP contribution is 2.42. The van der Waals surface area contributed by atoms with Crippen LogP contribution < -0.4 is 0 Å². The lowest BCUT2D eigenvalue weighted by Gasteiger charge is -2.48. The Balaban J connectivity index is 2.25. The zero-order valence-electron chi connectivity index (χ0n) is 10.2. The van der Waals surface area contributed by atoms with Crippen molar-refractivity contribution in [3.05, 3.63) is 0 Å². The average Bonchev–Trinajstić information content (AvgIpc) is 2.72. The molecular formula is C11H20O8. The monoisotopic (exact) mass is 280 g/mol. The highest BCUT2D eigenvalue weighted by Gasteiger charge is 2.59. The Morgan fingerprint density at radius 1 is 0.947 bits per heavy atom. The van der Waals surface area contributed by atoms with Crippen molar-refractivity contribution in [2.45, 2.75) is 55.3 Å².